The fourth-order valence-corrected chi connectivity index (χ4v) is 1.31. The van der Waals surface area contributed by atoms with Crippen molar-refractivity contribution in [2.75, 3.05) is 5.32 Å². The first-order chi connectivity index (χ1) is 7.16. The van der Waals surface area contributed by atoms with Crippen LogP contribution in [0.2, 0.25) is 0 Å². The molecule has 0 aliphatic carbocycles. The number of aromatic amines is 1. The fraction of sp³-hybridized carbons (Fsp3) is 0.200. The molecule has 0 fully saturated rings. The largest absolute Gasteiger partial charge is 0.325 e. The summed E-state index contributed by atoms with van der Waals surface area (Å²) in [5.74, 6) is -0.212. The number of H-pyrrole nitrogens is 1. The summed E-state index contributed by atoms with van der Waals surface area (Å²) >= 11 is 5.64. The van der Waals surface area contributed by atoms with E-state index in [4.69, 9.17) is 11.6 Å². The Morgan fingerprint density at radius 2 is 2.40 bits per heavy atom. The summed E-state index contributed by atoms with van der Waals surface area (Å²) in [5.41, 5.74) is 1.60. The van der Waals surface area contributed by atoms with Crippen LogP contribution in [0.15, 0.2) is 24.4 Å². The third kappa shape index (κ3) is 2.10. The predicted octanol–water partition coefficient (Wildman–Crippen LogP) is 2.13. The van der Waals surface area contributed by atoms with Crippen LogP contribution in [0.1, 0.15) is 6.92 Å². The second kappa shape index (κ2) is 3.90. The van der Waals surface area contributed by atoms with Crippen LogP contribution in [-0.4, -0.2) is 21.5 Å². The molecule has 1 unspecified atom stereocenters. The second-order valence-electron chi connectivity index (χ2n) is 3.28. The molecule has 2 rings (SSSR count). The standard InChI is InChI=1S/C10H10ClN3O/c1-6(11)10(15)13-8-3-2-7-5-12-14-9(7)4-8/h2-6H,1H3,(H,12,14)(H,13,15). The van der Waals surface area contributed by atoms with Gasteiger partial charge in [0.15, 0.2) is 0 Å². The number of nitrogens with one attached hydrogen (secondary N) is 2. The lowest BCUT2D eigenvalue weighted by molar-refractivity contribution is -0.115. The average molecular weight is 224 g/mol. The minimum absolute atomic E-state index is 0.212. The van der Waals surface area contributed by atoms with Gasteiger partial charge in [-0.3, -0.25) is 9.89 Å². The first-order valence-electron chi connectivity index (χ1n) is 4.55. The van der Waals surface area contributed by atoms with Crippen LogP contribution in [0.25, 0.3) is 10.9 Å². The number of nitrogens with zero attached hydrogens (tertiary/aromatic N) is 1. The highest BCUT2D eigenvalue weighted by atomic mass is 35.5. The topological polar surface area (TPSA) is 57.8 Å². The Balaban J connectivity index is 2.25. The number of benzene rings is 1. The lowest BCUT2D eigenvalue weighted by Crippen LogP contribution is -2.20. The van der Waals surface area contributed by atoms with Gasteiger partial charge in [-0.15, -0.1) is 11.6 Å². The minimum atomic E-state index is -0.539. The Morgan fingerprint density at radius 1 is 1.60 bits per heavy atom. The van der Waals surface area contributed by atoms with Gasteiger partial charge in [-0.2, -0.15) is 5.10 Å². The maximum atomic E-state index is 11.3. The van der Waals surface area contributed by atoms with E-state index >= 15 is 0 Å². The predicted molar refractivity (Wildman–Crippen MR) is 60.0 cm³/mol. The maximum Gasteiger partial charge on any atom is 0.242 e. The number of amides is 1. The molecule has 0 bridgehead atoms. The van der Waals surface area contributed by atoms with E-state index in [9.17, 15) is 4.79 Å². The molecule has 15 heavy (non-hydrogen) atoms. The number of alkyl halides is 1. The van der Waals surface area contributed by atoms with E-state index < -0.39 is 5.38 Å². The summed E-state index contributed by atoms with van der Waals surface area (Å²) in [6.45, 7) is 1.63. The summed E-state index contributed by atoms with van der Waals surface area (Å²) in [6.07, 6.45) is 1.73. The van der Waals surface area contributed by atoms with E-state index in [1.165, 1.54) is 0 Å². The van der Waals surface area contributed by atoms with Crippen molar-refractivity contribution in [2.24, 2.45) is 0 Å². The molecule has 0 saturated heterocycles. The van der Waals surface area contributed by atoms with Crippen LogP contribution >= 0.6 is 11.6 Å². The Morgan fingerprint density at radius 3 is 3.13 bits per heavy atom. The zero-order chi connectivity index (χ0) is 10.8. The van der Waals surface area contributed by atoms with Gasteiger partial charge in [0.05, 0.1) is 11.7 Å². The first kappa shape index (κ1) is 9.98. The van der Waals surface area contributed by atoms with E-state index in [-0.39, 0.29) is 5.91 Å². The molecule has 1 aromatic heterocycles. The summed E-state index contributed by atoms with van der Waals surface area (Å²) in [6, 6.07) is 5.52. The molecule has 2 aromatic rings. The number of aromatic nitrogens is 2. The normalized spacial score (nSPS) is 12.7. The number of halogens is 1. The second-order valence-corrected chi connectivity index (χ2v) is 3.93. The third-order valence-corrected chi connectivity index (χ3v) is 2.27. The number of fused-ring (bicyclic) bond motifs is 1. The van der Waals surface area contributed by atoms with Gasteiger partial charge in [0, 0.05) is 11.1 Å². The zero-order valence-electron chi connectivity index (χ0n) is 8.12. The molecule has 78 valence electrons. The van der Waals surface area contributed by atoms with Gasteiger partial charge in [-0.05, 0) is 25.1 Å². The van der Waals surface area contributed by atoms with Crippen molar-refractivity contribution >= 4 is 34.1 Å². The van der Waals surface area contributed by atoms with Crippen LogP contribution in [0.4, 0.5) is 5.69 Å². The monoisotopic (exact) mass is 223 g/mol. The summed E-state index contributed by atoms with van der Waals surface area (Å²) in [4.78, 5) is 11.3. The molecule has 5 heteroatoms. The van der Waals surface area contributed by atoms with Gasteiger partial charge in [0.1, 0.15) is 5.38 Å². The SMILES string of the molecule is CC(Cl)C(=O)Nc1ccc2cn[nH]c2c1. The molecule has 0 aliphatic heterocycles. The molecule has 1 amide bonds. The average Bonchev–Trinajstić information content (AvgIpc) is 2.64. The molecular weight excluding hydrogens is 214 g/mol. The van der Waals surface area contributed by atoms with Crippen molar-refractivity contribution < 1.29 is 4.79 Å². The van der Waals surface area contributed by atoms with E-state index in [2.05, 4.69) is 15.5 Å². The van der Waals surface area contributed by atoms with E-state index in [0.717, 1.165) is 10.9 Å². The lowest BCUT2D eigenvalue weighted by Gasteiger charge is -2.05. The Bertz CT molecular complexity index is 492. The van der Waals surface area contributed by atoms with Crippen LogP contribution in [0, 0.1) is 0 Å². The molecule has 0 radical (unpaired) electrons. The van der Waals surface area contributed by atoms with Crippen molar-refractivity contribution in [3.63, 3.8) is 0 Å². The van der Waals surface area contributed by atoms with Crippen LogP contribution in [-0.2, 0) is 4.79 Å². The van der Waals surface area contributed by atoms with E-state index in [0.29, 0.717) is 5.69 Å². The molecular formula is C10H10ClN3O. The molecule has 0 saturated carbocycles. The first-order valence-corrected chi connectivity index (χ1v) is 4.98. The maximum absolute atomic E-state index is 11.3. The number of hydrogen-bond acceptors (Lipinski definition) is 2. The summed E-state index contributed by atoms with van der Waals surface area (Å²) in [7, 11) is 0. The van der Waals surface area contributed by atoms with Crippen molar-refractivity contribution in [1.29, 1.82) is 0 Å². The number of carbonyl (C=O) groups is 1. The highest BCUT2D eigenvalue weighted by Crippen LogP contribution is 2.16. The van der Waals surface area contributed by atoms with Crippen LogP contribution in [0.5, 0.6) is 0 Å². The van der Waals surface area contributed by atoms with Crippen LogP contribution in [0.3, 0.4) is 0 Å². The van der Waals surface area contributed by atoms with Crippen molar-refractivity contribution in [1.82, 2.24) is 10.2 Å². The van der Waals surface area contributed by atoms with Crippen molar-refractivity contribution in [3.05, 3.63) is 24.4 Å². The number of rotatable bonds is 2. The lowest BCUT2D eigenvalue weighted by atomic mass is 10.2. The summed E-state index contributed by atoms with van der Waals surface area (Å²) in [5, 5.41) is 9.89. The fourth-order valence-electron chi connectivity index (χ4n) is 1.26. The Labute approximate surface area is 91.6 Å². The molecule has 0 spiro atoms. The highest BCUT2D eigenvalue weighted by Gasteiger charge is 2.09. The van der Waals surface area contributed by atoms with E-state index in [1.54, 1.807) is 13.1 Å². The summed E-state index contributed by atoms with van der Waals surface area (Å²) < 4.78 is 0. The molecule has 2 N–H and O–H groups in total. The van der Waals surface area contributed by atoms with Gasteiger partial charge >= 0.3 is 0 Å². The van der Waals surface area contributed by atoms with E-state index in [1.807, 2.05) is 18.2 Å². The third-order valence-electron chi connectivity index (χ3n) is 2.07. The quantitative estimate of drug-likeness (QED) is 0.767. The minimum Gasteiger partial charge on any atom is -0.325 e. The molecule has 1 aromatic carbocycles. The van der Waals surface area contributed by atoms with Gasteiger partial charge in [0.2, 0.25) is 5.91 Å². The number of anilines is 1. The van der Waals surface area contributed by atoms with Crippen molar-refractivity contribution in [2.45, 2.75) is 12.3 Å². The number of carbonyl (C=O) groups excluding carboxylic acids is 1. The Hall–Kier alpha value is -1.55. The Kier molecular flexibility index (Phi) is 2.60. The van der Waals surface area contributed by atoms with Gasteiger partial charge in [-0.1, -0.05) is 0 Å². The van der Waals surface area contributed by atoms with Gasteiger partial charge < -0.3 is 5.32 Å². The van der Waals surface area contributed by atoms with Gasteiger partial charge in [0.25, 0.3) is 0 Å². The molecule has 4 nitrogen and oxygen atoms in total. The molecule has 1 atom stereocenters. The smallest absolute Gasteiger partial charge is 0.242 e. The zero-order valence-corrected chi connectivity index (χ0v) is 8.88. The number of hydrogen-bond donors (Lipinski definition) is 2. The van der Waals surface area contributed by atoms with Crippen LogP contribution < -0.4 is 5.32 Å². The highest BCUT2D eigenvalue weighted by molar-refractivity contribution is 6.32. The molecule has 0 aliphatic rings. The van der Waals surface area contributed by atoms with Gasteiger partial charge in [-0.25, -0.2) is 0 Å². The molecule has 1 heterocycles. The van der Waals surface area contributed by atoms with Crippen molar-refractivity contribution in [3.8, 4) is 0 Å².